The summed E-state index contributed by atoms with van der Waals surface area (Å²) in [6, 6.07) is 4.19. The first-order chi connectivity index (χ1) is 11.6. The fraction of sp³-hybridized carbons (Fsp3) is 0.571. The van der Waals surface area contributed by atoms with Crippen molar-refractivity contribution >= 4 is 11.3 Å². The number of nitrogens with one attached hydrogen (secondary N) is 2. The topological polar surface area (TPSA) is 40.2 Å². The second-order valence-corrected chi connectivity index (χ2v) is 8.65. The second-order valence-electron chi connectivity index (χ2n) is 8.65. The molecule has 3 nitrogen and oxygen atoms in total. The summed E-state index contributed by atoms with van der Waals surface area (Å²) in [6.45, 7) is 4.31. The Bertz CT molecular complexity index is 713. The lowest BCUT2D eigenvalue weighted by molar-refractivity contribution is -0.0130. The van der Waals surface area contributed by atoms with E-state index in [4.69, 9.17) is 4.99 Å². The number of nitrogens with zero attached hydrogens (tertiary/aromatic N) is 1. The molecule has 0 amide bonds. The number of hydrogen-bond acceptors (Lipinski definition) is 2. The average Bonchev–Trinajstić information content (AvgIpc) is 3.12. The molecule has 4 fully saturated rings. The summed E-state index contributed by atoms with van der Waals surface area (Å²) in [6.07, 6.45) is 12.8. The Morgan fingerprint density at radius 1 is 1.12 bits per heavy atom. The zero-order valence-corrected chi connectivity index (χ0v) is 14.7. The quantitative estimate of drug-likeness (QED) is 0.835. The van der Waals surface area contributed by atoms with Crippen LogP contribution in [0.15, 0.2) is 40.8 Å². The molecular weight excluding hydrogens is 294 g/mol. The van der Waals surface area contributed by atoms with Gasteiger partial charge in [-0.15, -0.1) is 0 Å². The lowest BCUT2D eigenvalue weighted by atomic mass is 9.53. The molecule has 5 aliphatic rings. The zero-order chi connectivity index (χ0) is 16.3. The number of rotatable bonds is 3. The van der Waals surface area contributed by atoms with Crippen LogP contribution in [0.25, 0.3) is 5.57 Å². The molecule has 24 heavy (non-hydrogen) atoms. The maximum Gasteiger partial charge on any atom is 0.0826 e. The van der Waals surface area contributed by atoms with Gasteiger partial charge < -0.3 is 10.3 Å². The molecule has 0 unspecified atom stereocenters. The molecule has 0 spiro atoms. The summed E-state index contributed by atoms with van der Waals surface area (Å²) in [5.41, 5.74) is 6.32. The van der Waals surface area contributed by atoms with Gasteiger partial charge in [0.2, 0.25) is 0 Å². The largest absolute Gasteiger partial charge is 0.384 e. The summed E-state index contributed by atoms with van der Waals surface area (Å²) < 4.78 is 0. The number of aliphatic imine (C=N–C) groups is 1. The van der Waals surface area contributed by atoms with Crippen molar-refractivity contribution < 1.29 is 0 Å². The number of H-pyrrole nitrogens is 1. The van der Waals surface area contributed by atoms with Crippen LogP contribution in [-0.4, -0.2) is 16.2 Å². The molecule has 0 aromatic carbocycles. The summed E-state index contributed by atoms with van der Waals surface area (Å²) in [4.78, 5) is 8.17. The van der Waals surface area contributed by atoms with Gasteiger partial charge in [-0.2, -0.15) is 0 Å². The molecule has 1 aromatic rings. The van der Waals surface area contributed by atoms with E-state index in [1.807, 2.05) is 6.20 Å². The van der Waals surface area contributed by atoms with Crippen LogP contribution >= 0.6 is 0 Å². The third-order valence-corrected chi connectivity index (χ3v) is 6.83. The normalized spacial score (nSPS) is 39.0. The van der Waals surface area contributed by atoms with E-state index in [2.05, 4.69) is 42.5 Å². The monoisotopic (exact) mass is 321 g/mol. The highest BCUT2D eigenvalue weighted by atomic mass is 15.0. The second kappa shape index (κ2) is 5.11. The Labute approximate surface area is 144 Å². The van der Waals surface area contributed by atoms with Crippen molar-refractivity contribution in [3.63, 3.8) is 0 Å². The first-order valence-corrected chi connectivity index (χ1v) is 9.50. The van der Waals surface area contributed by atoms with E-state index in [9.17, 15) is 0 Å². The first-order valence-electron chi connectivity index (χ1n) is 9.50. The first kappa shape index (κ1) is 14.6. The average molecular weight is 321 g/mol. The zero-order valence-electron chi connectivity index (χ0n) is 14.7. The minimum absolute atomic E-state index is 0.362. The van der Waals surface area contributed by atoms with Crippen LogP contribution in [0.4, 0.5) is 0 Å². The van der Waals surface area contributed by atoms with Crippen molar-refractivity contribution in [3.8, 4) is 0 Å². The van der Waals surface area contributed by atoms with Gasteiger partial charge in [-0.3, -0.25) is 4.99 Å². The van der Waals surface area contributed by atoms with Crippen LogP contribution < -0.4 is 5.32 Å². The highest BCUT2D eigenvalue weighted by Gasteiger charge is 2.50. The van der Waals surface area contributed by atoms with Gasteiger partial charge in [-0.05, 0) is 87.8 Å². The van der Waals surface area contributed by atoms with Gasteiger partial charge >= 0.3 is 0 Å². The Morgan fingerprint density at radius 2 is 1.79 bits per heavy atom. The van der Waals surface area contributed by atoms with E-state index in [1.165, 1.54) is 55.4 Å². The number of hydrogen-bond donors (Lipinski definition) is 2. The van der Waals surface area contributed by atoms with Crippen LogP contribution in [0.2, 0.25) is 0 Å². The van der Waals surface area contributed by atoms with Crippen LogP contribution in [-0.2, 0) is 0 Å². The fourth-order valence-corrected chi connectivity index (χ4v) is 6.25. The van der Waals surface area contributed by atoms with E-state index in [0.29, 0.717) is 5.54 Å². The van der Waals surface area contributed by atoms with Crippen molar-refractivity contribution in [2.45, 2.75) is 57.9 Å². The molecule has 0 radical (unpaired) electrons. The number of aromatic amines is 1. The third-order valence-electron chi connectivity index (χ3n) is 6.83. The van der Waals surface area contributed by atoms with Crippen molar-refractivity contribution in [1.29, 1.82) is 0 Å². The molecule has 1 aliphatic heterocycles. The van der Waals surface area contributed by atoms with Crippen LogP contribution in [0.1, 0.15) is 58.1 Å². The molecule has 4 aliphatic carbocycles. The van der Waals surface area contributed by atoms with Gasteiger partial charge in [-0.25, -0.2) is 0 Å². The van der Waals surface area contributed by atoms with Crippen molar-refractivity contribution in [1.82, 2.24) is 10.3 Å². The van der Waals surface area contributed by atoms with E-state index < -0.39 is 0 Å². The summed E-state index contributed by atoms with van der Waals surface area (Å²) in [5.74, 6) is 2.92. The molecule has 4 bridgehead atoms. The molecule has 3 heteroatoms. The molecule has 1 aromatic heterocycles. The number of allylic oxidation sites excluding steroid dienone is 2. The molecular formula is C21H27N3. The fourth-order valence-electron chi connectivity index (χ4n) is 6.25. The van der Waals surface area contributed by atoms with E-state index in [1.54, 1.807) is 0 Å². The van der Waals surface area contributed by atoms with E-state index >= 15 is 0 Å². The Hall–Kier alpha value is -1.77. The molecule has 6 rings (SSSR count). The summed E-state index contributed by atoms with van der Waals surface area (Å²) >= 11 is 0. The van der Waals surface area contributed by atoms with Crippen molar-refractivity contribution in [3.05, 3.63) is 41.5 Å². The van der Waals surface area contributed by atoms with Crippen LogP contribution in [0.3, 0.4) is 0 Å². The lowest BCUT2D eigenvalue weighted by Gasteiger charge is -2.57. The van der Waals surface area contributed by atoms with Gasteiger partial charge in [0.25, 0.3) is 0 Å². The highest BCUT2D eigenvalue weighted by Crippen LogP contribution is 2.55. The standard InChI is InChI=1S/C21H27N3/c1-13-19(24-14(2)20(13)18-4-3-5-22-18)12-23-21-9-15-6-16(10-21)8-17(7-15)11-21/h3-5,12,15-17,22-23H,6-11H2,1-2H3/b19-12-. The maximum atomic E-state index is 4.85. The van der Waals surface area contributed by atoms with E-state index in [-0.39, 0.29) is 0 Å². The van der Waals surface area contributed by atoms with Gasteiger partial charge in [0.05, 0.1) is 5.70 Å². The summed E-state index contributed by atoms with van der Waals surface area (Å²) in [7, 11) is 0. The van der Waals surface area contributed by atoms with Crippen molar-refractivity contribution in [2.24, 2.45) is 22.7 Å². The maximum absolute atomic E-state index is 4.85. The van der Waals surface area contributed by atoms with Gasteiger partial charge in [-0.1, -0.05) is 0 Å². The SMILES string of the molecule is CC1=N/C(=C\NC23CC4CC(CC(C4)C2)C3)C(C)=C1c1ccc[nH]1. The minimum atomic E-state index is 0.362. The van der Waals surface area contributed by atoms with Crippen molar-refractivity contribution in [2.75, 3.05) is 0 Å². The Balaban J connectivity index is 1.42. The third kappa shape index (κ3) is 2.21. The van der Waals surface area contributed by atoms with Gasteiger partial charge in [0.15, 0.2) is 0 Å². The predicted molar refractivity (Wildman–Crippen MR) is 98.6 cm³/mol. The minimum Gasteiger partial charge on any atom is -0.384 e. The summed E-state index contributed by atoms with van der Waals surface area (Å²) in [5, 5.41) is 3.87. The van der Waals surface area contributed by atoms with Gasteiger partial charge in [0, 0.05) is 34.9 Å². The van der Waals surface area contributed by atoms with Crippen LogP contribution in [0, 0.1) is 17.8 Å². The smallest absolute Gasteiger partial charge is 0.0826 e. The Morgan fingerprint density at radius 3 is 2.38 bits per heavy atom. The van der Waals surface area contributed by atoms with Crippen LogP contribution in [0.5, 0.6) is 0 Å². The Kier molecular flexibility index (Phi) is 3.10. The molecule has 2 heterocycles. The molecule has 2 N–H and O–H groups in total. The molecule has 0 atom stereocenters. The highest BCUT2D eigenvalue weighted by molar-refractivity contribution is 6.26. The predicted octanol–water partition coefficient (Wildman–Crippen LogP) is 4.66. The number of aromatic nitrogens is 1. The molecule has 126 valence electrons. The lowest BCUT2D eigenvalue weighted by Crippen LogP contribution is -2.57. The molecule has 4 saturated carbocycles. The van der Waals surface area contributed by atoms with Gasteiger partial charge in [0.1, 0.15) is 0 Å². The van der Waals surface area contributed by atoms with E-state index in [0.717, 1.165) is 29.2 Å². The molecule has 0 saturated heterocycles.